The van der Waals surface area contributed by atoms with Crippen molar-refractivity contribution in [1.82, 2.24) is 20.4 Å². The second-order valence-corrected chi connectivity index (χ2v) is 9.41. The van der Waals surface area contributed by atoms with Gasteiger partial charge in [0.15, 0.2) is 0 Å². The molecular weight excluding hydrogens is 512 g/mol. The summed E-state index contributed by atoms with van der Waals surface area (Å²) in [6.07, 6.45) is -4.28. The van der Waals surface area contributed by atoms with Crippen molar-refractivity contribution in [2.75, 3.05) is 63.8 Å². The van der Waals surface area contributed by atoms with Crippen LogP contribution in [-0.2, 0) is 11.0 Å². The molecule has 0 atom stereocenters. The molecule has 1 amide bonds. The molecule has 3 rings (SSSR count). The lowest BCUT2D eigenvalue weighted by Crippen LogP contribution is -2.47. The predicted molar refractivity (Wildman–Crippen MR) is 134 cm³/mol. The second kappa shape index (κ2) is 13.3. The van der Waals surface area contributed by atoms with Gasteiger partial charge in [0.2, 0.25) is 5.91 Å². The topological polar surface area (TPSA) is 50.9 Å². The quantitative estimate of drug-likeness (QED) is 0.319. The van der Waals surface area contributed by atoms with Crippen molar-refractivity contribution in [1.29, 1.82) is 0 Å². The number of alkyl halides is 6. The fourth-order valence-corrected chi connectivity index (χ4v) is 4.45. The average molecular weight is 548 g/mol. The Bertz CT molecular complexity index is 966. The van der Waals surface area contributed by atoms with E-state index in [9.17, 15) is 31.1 Å². The van der Waals surface area contributed by atoms with E-state index < -0.39 is 23.5 Å². The molecule has 2 N–H and O–H groups in total. The molecule has 2 heterocycles. The van der Waals surface area contributed by atoms with Crippen LogP contribution < -0.4 is 15.5 Å². The molecular formula is C26H35F6N5O. The first-order chi connectivity index (χ1) is 18.0. The van der Waals surface area contributed by atoms with E-state index in [1.54, 1.807) is 0 Å². The summed E-state index contributed by atoms with van der Waals surface area (Å²) in [4.78, 5) is 18.5. The Hall–Kier alpha value is -2.89. The van der Waals surface area contributed by atoms with Crippen LogP contribution in [0, 0.1) is 0 Å². The fraction of sp³-hybridized carbons (Fsp3) is 0.577. The number of dihydropyridines is 1. The lowest BCUT2D eigenvalue weighted by atomic mass is 10.1. The number of amides is 1. The van der Waals surface area contributed by atoms with Crippen molar-refractivity contribution in [3.63, 3.8) is 0 Å². The van der Waals surface area contributed by atoms with E-state index in [-0.39, 0.29) is 12.5 Å². The summed E-state index contributed by atoms with van der Waals surface area (Å²) in [5.74, 6) is 0.589. The largest absolute Gasteiger partial charge is 0.416 e. The van der Waals surface area contributed by atoms with Crippen molar-refractivity contribution in [3.05, 3.63) is 53.4 Å². The summed E-state index contributed by atoms with van der Waals surface area (Å²) >= 11 is 0. The Labute approximate surface area is 219 Å². The van der Waals surface area contributed by atoms with Crippen molar-refractivity contribution in [2.45, 2.75) is 38.5 Å². The van der Waals surface area contributed by atoms with Crippen LogP contribution in [0.25, 0.3) is 0 Å². The van der Waals surface area contributed by atoms with Gasteiger partial charge < -0.3 is 20.4 Å². The van der Waals surface area contributed by atoms with Gasteiger partial charge in [-0.2, -0.15) is 26.3 Å². The maximum absolute atomic E-state index is 12.8. The maximum atomic E-state index is 12.8. The zero-order chi connectivity index (χ0) is 27.8. The maximum Gasteiger partial charge on any atom is 0.416 e. The molecule has 212 valence electrons. The number of hydrogen-bond donors (Lipinski definition) is 2. The van der Waals surface area contributed by atoms with Gasteiger partial charge in [-0.25, -0.2) is 0 Å². The molecule has 0 radical (unpaired) electrons. The summed E-state index contributed by atoms with van der Waals surface area (Å²) in [5, 5.41) is 5.75. The van der Waals surface area contributed by atoms with Crippen molar-refractivity contribution >= 4 is 11.6 Å². The van der Waals surface area contributed by atoms with Crippen LogP contribution >= 0.6 is 0 Å². The lowest BCUT2D eigenvalue weighted by molar-refractivity contribution is -0.137. The van der Waals surface area contributed by atoms with Crippen molar-refractivity contribution in [2.24, 2.45) is 0 Å². The first kappa shape index (κ1) is 29.7. The molecule has 12 heteroatoms. The van der Waals surface area contributed by atoms with Crippen LogP contribution in [-0.4, -0.2) is 80.8 Å². The molecule has 38 heavy (non-hydrogen) atoms. The van der Waals surface area contributed by atoms with E-state index in [1.165, 1.54) is 18.2 Å². The Kier molecular flexibility index (Phi) is 10.3. The highest BCUT2D eigenvalue weighted by atomic mass is 19.4. The molecule has 2 aliphatic rings. The van der Waals surface area contributed by atoms with Gasteiger partial charge in [0.1, 0.15) is 5.82 Å². The van der Waals surface area contributed by atoms with E-state index in [4.69, 9.17) is 0 Å². The van der Waals surface area contributed by atoms with Gasteiger partial charge in [-0.15, -0.1) is 0 Å². The predicted octanol–water partition coefficient (Wildman–Crippen LogP) is 4.37. The Morgan fingerprint density at radius 1 is 0.974 bits per heavy atom. The summed E-state index contributed by atoms with van der Waals surface area (Å²) in [6, 6.07) is 5.17. The van der Waals surface area contributed by atoms with Crippen LogP contribution in [0.2, 0.25) is 0 Å². The number of benzene rings is 1. The van der Waals surface area contributed by atoms with Gasteiger partial charge in [-0.1, -0.05) is 6.92 Å². The Morgan fingerprint density at radius 2 is 1.66 bits per heavy atom. The number of carbonyl (C=O) groups is 1. The third-order valence-corrected chi connectivity index (χ3v) is 6.61. The van der Waals surface area contributed by atoms with Gasteiger partial charge >= 0.3 is 12.4 Å². The normalized spacial score (nSPS) is 17.0. The number of piperazine rings is 1. The number of carbonyl (C=O) groups excluding carboxylic acids is 1. The number of hydrogen-bond acceptors (Lipinski definition) is 5. The molecule has 0 aromatic heterocycles. The number of rotatable bonds is 11. The summed E-state index contributed by atoms with van der Waals surface area (Å²) in [6.45, 7) is 6.88. The zero-order valence-electron chi connectivity index (χ0n) is 21.5. The fourth-order valence-electron chi connectivity index (χ4n) is 4.45. The number of allylic oxidation sites excluding steroid dienone is 2. The van der Waals surface area contributed by atoms with Gasteiger partial charge in [0.05, 0.1) is 11.1 Å². The van der Waals surface area contributed by atoms with Crippen LogP contribution in [0.1, 0.15) is 31.7 Å². The molecule has 1 aromatic rings. The summed E-state index contributed by atoms with van der Waals surface area (Å²) in [5.41, 5.74) is -0.516. The van der Waals surface area contributed by atoms with Gasteiger partial charge in [-0.3, -0.25) is 9.69 Å². The molecule has 1 fully saturated rings. The van der Waals surface area contributed by atoms with E-state index in [0.717, 1.165) is 30.3 Å². The van der Waals surface area contributed by atoms with Crippen LogP contribution in [0.4, 0.5) is 32.0 Å². The van der Waals surface area contributed by atoms with E-state index in [1.807, 2.05) is 16.7 Å². The average Bonchev–Trinajstić information content (AvgIpc) is 2.89. The van der Waals surface area contributed by atoms with Crippen LogP contribution in [0.5, 0.6) is 0 Å². The lowest BCUT2D eigenvalue weighted by Gasteiger charge is -2.36. The second-order valence-electron chi connectivity index (χ2n) is 9.41. The number of anilines is 1. The zero-order valence-corrected chi connectivity index (χ0v) is 21.5. The van der Waals surface area contributed by atoms with E-state index >= 15 is 0 Å². The number of halogens is 6. The van der Waals surface area contributed by atoms with E-state index in [0.29, 0.717) is 71.0 Å². The smallest absolute Gasteiger partial charge is 0.369 e. The Morgan fingerprint density at radius 3 is 2.21 bits per heavy atom. The third-order valence-electron chi connectivity index (χ3n) is 6.61. The summed E-state index contributed by atoms with van der Waals surface area (Å²) < 4.78 is 76.8. The highest BCUT2D eigenvalue weighted by Gasteiger charge is 2.34. The first-order valence-corrected chi connectivity index (χ1v) is 12.9. The SMILES string of the molecule is CCCN(CCCNC(=O)CCN1CCN(c2ccc(C(F)(F)F)cc2)CC1)C1=CC=C(C(F)(F)F)CN1. The molecule has 1 aromatic carbocycles. The molecule has 0 bridgehead atoms. The molecule has 0 spiro atoms. The molecule has 1 saturated heterocycles. The standard InChI is InChI=1S/C26H35F6N5O/c1-2-12-37(23-9-6-21(19-34-23)26(30,31)32)13-3-11-33-24(38)10-14-35-15-17-36(18-16-35)22-7-4-20(5-8-22)25(27,28)29/h4-9,34H,2-3,10-19H2,1H3,(H,33,38). The monoisotopic (exact) mass is 547 g/mol. The Balaban J connectivity index is 1.33. The minimum Gasteiger partial charge on any atom is -0.369 e. The molecule has 0 unspecified atom stereocenters. The van der Waals surface area contributed by atoms with Crippen molar-refractivity contribution < 1.29 is 31.1 Å². The van der Waals surface area contributed by atoms with Crippen molar-refractivity contribution in [3.8, 4) is 0 Å². The van der Waals surface area contributed by atoms with Gasteiger partial charge in [0.25, 0.3) is 0 Å². The van der Waals surface area contributed by atoms with Gasteiger partial charge in [0, 0.05) is 71.0 Å². The van der Waals surface area contributed by atoms with Crippen LogP contribution in [0.15, 0.2) is 47.8 Å². The number of nitrogens with one attached hydrogen (secondary N) is 2. The minimum absolute atomic E-state index is 0.0648. The number of nitrogens with zero attached hydrogens (tertiary/aromatic N) is 3. The van der Waals surface area contributed by atoms with Gasteiger partial charge in [-0.05, 0) is 49.3 Å². The van der Waals surface area contributed by atoms with E-state index in [2.05, 4.69) is 15.5 Å². The van der Waals surface area contributed by atoms with Crippen LogP contribution in [0.3, 0.4) is 0 Å². The third kappa shape index (κ3) is 8.85. The summed E-state index contributed by atoms with van der Waals surface area (Å²) in [7, 11) is 0. The first-order valence-electron chi connectivity index (χ1n) is 12.9. The molecule has 6 nitrogen and oxygen atoms in total. The highest BCUT2D eigenvalue weighted by molar-refractivity contribution is 5.76. The minimum atomic E-state index is -4.35. The highest BCUT2D eigenvalue weighted by Crippen LogP contribution is 2.31. The molecule has 0 saturated carbocycles. The molecule has 2 aliphatic heterocycles. The molecule has 0 aliphatic carbocycles.